The van der Waals surface area contributed by atoms with Crippen LogP contribution in [0.2, 0.25) is 0 Å². The molecule has 0 aliphatic carbocycles. The van der Waals surface area contributed by atoms with Gasteiger partial charge < -0.3 is 0 Å². The highest BCUT2D eigenvalue weighted by atomic mass is 16.1. The van der Waals surface area contributed by atoms with Crippen LogP contribution in [0, 0.1) is 0 Å². The van der Waals surface area contributed by atoms with E-state index in [0.29, 0.717) is 5.69 Å². The number of rotatable bonds is 1. The summed E-state index contributed by atoms with van der Waals surface area (Å²) in [6.07, 6.45) is 1.54. The van der Waals surface area contributed by atoms with Gasteiger partial charge in [-0.1, -0.05) is 0 Å². The molecular formula is C6H7N3O. The predicted octanol–water partition coefficient (Wildman–Crippen LogP) is 0.261. The summed E-state index contributed by atoms with van der Waals surface area (Å²) in [6, 6.07) is 1.59. The van der Waals surface area contributed by atoms with Crippen molar-refractivity contribution in [1.29, 1.82) is 0 Å². The minimum Gasteiger partial charge on any atom is -0.265 e. The lowest BCUT2D eigenvalue weighted by Gasteiger charge is -1.92. The summed E-state index contributed by atoms with van der Waals surface area (Å²) >= 11 is 0. The molecule has 1 amide bonds. The van der Waals surface area contributed by atoms with Crippen LogP contribution in [0.1, 0.15) is 10.5 Å². The van der Waals surface area contributed by atoms with Crippen molar-refractivity contribution in [2.24, 2.45) is 12.0 Å². The molecule has 1 heterocycles. The lowest BCUT2D eigenvalue weighted by molar-refractivity contribution is 0.0995. The second-order valence-corrected chi connectivity index (χ2v) is 1.80. The number of aryl methyl sites for hydroxylation is 1. The Morgan fingerprint density at radius 1 is 1.90 bits per heavy atom. The fourth-order valence-corrected chi connectivity index (χ4v) is 0.665. The Kier molecular flexibility index (Phi) is 1.62. The molecule has 0 aromatic carbocycles. The van der Waals surface area contributed by atoms with Crippen LogP contribution in [0.25, 0.3) is 0 Å². The maximum Gasteiger partial charge on any atom is 0.294 e. The first kappa shape index (κ1) is 6.67. The zero-order chi connectivity index (χ0) is 7.56. The van der Waals surface area contributed by atoms with Crippen molar-refractivity contribution in [3.05, 3.63) is 18.0 Å². The van der Waals surface area contributed by atoms with Crippen LogP contribution in [0.5, 0.6) is 0 Å². The van der Waals surface area contributed by atoms with E-state index in [1.807, 2.05) is 0 Å². The highest BCUT2D eigenvalue weighted by molar-refractivity contribution is 5.95. The van der Waals surface area contributed by atoms with Crippen LogP contribution < -0.4 is 0 Å². The molecule has 0 radical (unpaired) electrons. The molecule has 0 unspecified atom stereocenters. The van der Waals surface area contributed by atoms with Gasteiger partial charge in [0.1, 0.15) is 5.69 Å². The summed E-state index contributed by atoms with van der Waals surface area (Å²) in [6.45, 7) is 3.12. The second kappa shape index (κ2) is 2.43. The number of carbonyl (C=O) groups is 1. The molecule has 1 aromatic heterocycles. The summed E-state index contributed by atoms with van der Waals surface area (Å²) in [4.78, 5) is 14.0. The van der Waals surface area contributed by atoms with E-state index < -0.39 is 0 Å². The zero-order valence-electron chi connectivity index (χ0n) is 5.61. The van der Waals surface area contributed by atoms with E-state index in [1.165, 1.54) is 4.68 Å². The van der Waals surface area contributed by atoms with Crippen molar-refractivity contribution in [2.75, 3.05) is 0 Å². The van der Waals surface area contributed by atoms with Gasteiger partial charge in [0.15, 0.2) is 0 Å². The van der Waals surface area contributed by atoms with Gasteiger partial charge >= 0.3 is 0 Å². The average Bonchev–Trinajstić information content (AvgIpc) is 2.34. The second-order valence-electron chi connectivity index (χ2n) is 1.80. The maximum absolute atomic E-state index is 10.8. The predicted molar refractivity (Wildman–Crippen MR) is 37.1 cm³/mol. The third kappa shape index (κ3) is 0.953. The topological polar surface area (TPSA) is 47.2 Å². The number of aliphatic imine (C=N–C) groups is 1. The summed E-state index contributed by atoms with van der Waals surface area (Å²) < 4.78 is 1.46. The quantitative estimate of drug-likeness (QED) is 0.521. The van der Waals surface area contributed by atoms with Gasteiger partial charge in [-0.2, -0.15) is 5.10 Å². The van der Waals surface area contributed by atoms with Gasteiger partial charge in [-0.15, -0.1) is 0 Å². The molecule has 0 saturated heterocycles. The molecule has 4 heteroatoms. The van der Waals surface area contributed by atoms with Crippen LogP contribution in [-0.4, -0.2) is 22.4 Å². The highest BCUT2D eigenvalue weighted by Crippen LogP contribution is 1.96. The lowest BCUT2D eigenvalue weighted by Crippen LogP contribution is -2.03. The SMILES string of the molecule is C=NC(=O)c1ccnn1C. The number of hydrogen-bond donors (Lipinski definition) is 0. The van der Waals surface area contributed by atoms with Crippen molar-refractivity contribution < 1.29 is 4.79 Å². The molecule has 0 fully saturated rings. The normalized spacial score (nSPS) is 9.30. The van der Waals surface area contributed by atoms with E-state index in [9.17, 15) is 4.79 Å². The van der Waals surface area contributed by atoms with Crippen molar-refractivity contribution in [3.8, 4) is 0 Å². The van der Waals surface area contributed by atoms with E-state index in [-0.39, 0.29) is 5.91 Å². The summed E-state index contributed by atoms with van der Waals surface area (Å²) in [7, 11) is 1.68. The van der Waals surface area contributed by atoms with E-state index in [4.69, 9.17) is 0 Å². The van der Waals surface area contributed by atoms with Gasteiger partial charge in [0.25, 0.3) is 5.91 Å². The fraction of sp³-hybridized carbons (Fsp3) is 0.167. The standard InChI is InChI=1S/C6H7N3O/c1-7-6(10)5-3-4-8-9(5)2/h3-4H,1H2,2H3. The zero-order valence-corrected chi connectivity index (χ0v) is 5.61. The highest BCUT2D eigenvalue weighted by Gasteiger charge is 2.05. The van der Waals surface area contributed by atoms with Crippen LogP contribution >= 0.6 is 0 Å². The number of carbonyl (C=O) groups excluding carboxylic acids is 1. The number of hydrogen-bond acceptors (Lipinski definition) is 2. The summed E-state index contributed by atoms with van der Waals surface area (Å²) in [5.74, 6) is -0.347. The van der Waals surface area contributed by atoms with Crippen molar-refractivity contribution in [3.63, 3.8) is 0 Å². The van der Waals surface area contributed by atoms with Crippen molar-refractivity contribution in [1.82, 2.24) is 9.78 Å². The van der Waals surface area contributed by atoms with Crippen LogP contribution in [-0.2, 0) is 7.05 Å². The lowest BCUT2D eigenvalue weighted by atomic mass is 10.4. The Hall–Kier alpha value is -1.45. The van der Waals surface area contributed by atoms with E-state index in [0.717, 1.165) is 0 Å². The molecular weight excluding hydrogens is 130 g/mol. The third-order valence-corrected chi connectivity index (χ3v) is 1.18. The minimum absolute atomic E-state index is 0.347. The summed E-state index contributed by atoms with van der Waals surface area (Å²) in [5.41, 5.74) is 0.454. The monoisotopic (exact) mass is 137 g/mol. The molecule has 1 aromatic rings. The van der Waals surface area contributed by atoms with Crippen LogP contribution in [0.4, 0.5) is 0 Å². The fourth-order valence-electron chi connectivity index (χ4n) is 0.665. The molecule has 0 aliphatic heterocycles. The van der Waals surface area contributed by atoms with Gasteiger partial charge in [0.2, 0.25) is 0 Å². The Labute approximate surface area is 58.2 Å². The molecule has 0 N–H and O–H groups in total. The van der Waals surface area contributed by atoms with E-state index in [2.05, 4.69) is 16.8 Å². The Morgan fingerprint density at radius 2 is 2.60 bits per heavy atom. The maximum atomic E-state index is 10.8. The third-order valence-electron chi connectivity index (χ3n) is 1.18. The Bertz CT molecular complexity index is 264. The van der Waals surface area contributed by atoms with Crippen molar-refractivity contribution >= 4 is 12.6 Å². The molecule has 0 saturated carbocycles. The van der Waals surface area contributed by atoms with E-state index in [1.54, 1.807) is 19.3 Å². The van der Waals surface area contributed by atoms with E-state index >= 15 is 0 Å². The first-order valence-electron chi connectivity index (χ1n) is 2.74. The largest absolute Gasteiger partial charge is 0.294 e. The summed E-state index contributed by atoms with van der Waals surface area (Å²) in [5, 5.41) is 3.79. The molecule has 0 spiro atoms. The molecule has 0 atom stereocenters. The number of aromatic nitrogens is 2. The first-order chi connectivity index (χ1) is 4.75. The molecule has 1 rings (SSSR count). The molecule has 0 aliphatic rings. The van der Waals surface area contributed by atoms with Crippen LogP contribution in [0.15, 0.2) is 17.3 Å². The van der Waals surface area contributed by atoms with Gasteiger partial charge in [0.05, 0.1) is 0 Å². The number of nitrogens with zero attached hydrogens (tertiary/aromatic N) is 3. The van der Waals surface area contributed by atoms with Gasteiger partial charge in [-0.3, -0.25) is 9.48 Å². The van der Waals surface area contributed by atoms with Gasteiger partial charge in [-0.25, -0.2) is 4.99 Å². The van der Waals surface area contributed by atoms with Crippen LogP contribution in [0.3, 0.4) is 0 Å². The number of amides is 1. The Morgan fingerprint density at radius 3 is 3.00 bits per heavy atom. The smallest absolute Gasteiger partial charge is 0.265 e. The first-order valence-corrected chi connectivity index (χ1v) is 2.74. The Balaban J connectivity index is 3.04. The molecule has 10 heavy (non-hydrogen) atoms. The minimum atomic E-state index is -0.347. The van der Waals surface area contributed by atoms with Crippen molar-refractivity contribution in [2.45, 2.75) is 0 Å². The average molecular weight is 137 g/mol. The molecule has 0 bridgehead atoms. The molecule has 4 nitrogen and oxygen atoms in total. The van der Waals surface area contributed by atoms with Gasteiger partial charge in [0, 0.05) is 13.2 Å². The molecule has 52 valence electrons. The van der Waals surface area contributed by atoms with Gasteiger partial charge in [-0.05, 0) is 12.8 Å².